The summed E-state index contributed by atoms with van der Waals surface area (Å²) in [5, 5.41) is 0. The fourth-order valence-electron chi connectivity index (χ4n) is 2.47. The maximum atomic E-state index is 11.8. The number of benzene rings is 1. The van der Waals surface area contributed by atoms with Crippen molar-refractivity contribution < 1.29 is 28.2 Å². The SMILES string of the molecule is B/C(=C\P(=O)(O)OC)[C@@H](OC)[C@@H](OC)[C@@H](OC)c1ccccc1. The lowest BCUT2D eigenvalue weighted by Gasteiger charge is -2.32. The molecule has 128 valence electrons. The molecule has 0 amide bonds. The molecule has 0 bridgehead atoms. The Balaban J connectivity index is 3.15. The zero-order chi connectivity index (χ0) is 17.5. The Bertz CT molecular complexity index is 550. The van der Waals surface area contributed by atoms with Crippen molar-refractivity contribution in [3.8, 4) is 0 Å². The monoisotopic (exact) mass is 342 g/mol. The first-order chi connectivity index (χ1) is 10.9. The van der Waals surface area contributed by atoms with Crippen molar-refractivity contribution in [1.29, 1.82) is 0 Å². The fourth-order valence-corrected chi connectivity index (χ4v) is 3.24. The Hall–Kier alpha value is -0.945. The standard InChI is InChI=1S/C15H24BO6P/c1-19-13(11-8-6-5-7-9-11)15(21-3)14(20-2)12(16)10-23(17,18)22-4/h5-10,13-15H,16H2,1-4H3,(H,17,18)/b12-10-/t13-,14+,15-/m0/s1. The Labute approximate surface area is 138 Å². The lowest BCUT2D eigenvalue weighted by molar-refractivity contribution is -0.0948. The summed E-state index contributed by atoms with van der Waals surface area (Å²) in [5.41, 5.74) is 1.46. The molecule has 1 rings (SSSR count). The van der Waals surface area contributed by atoms with Gasteiger partial charge in [-0.1, -0.05) is 35.8 Å². The fraction of sp³-hybridized carbons (Fsp3) is 0.467. The molecule has 1 unspecified atom stereocenters. The Morgan fingerprint density at radius 3 is 2.17 bits per heavy atom. The summed E-state index contributed by atoms with van der Waals surface area (Å²) in [6.45, 7) is 0. The van der Waals surface area contributed by atoms with Gasteiger partial charge < -0.3 is 23.6 Å². The molecule has 1 N–H and O–H groups in total. The normalized spacial score (nSPS) is 18.9. The van der Waals surface area contributed by atoms with Gasteiger partial charge in [0.1, 0.15) is 20.1 Å². The first kappa shape index (κ1) is 20.1. The van der Waals surface area contributed by atoms with Gasteiger partial charge >= 0.3 is 7.60 Å². The van der Waals surface area contributed by atoms with Crippen molar-refractivity contribution in [3.05, 3.63) is 47.2 Å². The second-order valence-corrected chi connectivity index (χ2v) is 6.80. The van der Waals surface area contributed by atoms with Crippen molar-refractivity contribution in [2.24, 2.45) is 0 Å². The van der Waals surface area contributed by atoms with Crippen LogP contribution in [0.1, 0.15) is 11.7 Å². The molecule has 23 heavy (non-hydrogen) atoms. The Morgan fingerprint density at radius 1 is 1.13 bits per heavy atom. The molecule has 0 aliphatic carbocycles. The molecule has 1 aromatic rings. The van der Waals surface area contributed by atoms with Gasteiger partial charge in [0.2, 0.25) is 0 Å². The van der Waals surface area contributed by atoms with Crippen molar-refractivity contribution in [2.45, 2.75) is 18.3 Å². The Kier molecular flexibility index (Phi) is 8.19. The molecule has 0 heterocycles. The topological polar surface area (TPSA) is 74.2 Å². The lowest BCUT2D eigenvalue weighted by Crippen LogP contribution is -2.38. The molecular weight excluding hydrogens is 318 g/mol. The van der Waals surface area contributed by atoms with E-state index in [0.29, 0.717) is 5.47 Å². The molecule has 0 saturated carbocycles. The molecule has 0 fully saturated rings. The van der Waals surface area contributed by atoms with Crippen LogP contribution in [0.4, 0.5) is 0 Å². The molecule has 0 aliphatic heterocycles. The minimum Gasteiger partial charge on any atom is -0.375 e. The number of hydrogen-bond donors (Lipinski definition) is 1. The summed E-state index contributed by atoms with van der Waals surface area (Å²) >= 11 is 0. The maximum absolute atomic E-state index is 11.8. The second kappa shape index (κ2) is 9.37. The molecule has 0 aromatic heterocycles. The van der Waals surface area contributed by atoms with E-state index in [4.69, 9.17) is 14.2 Å². The van der Waals surface area contributed by atoms with Gasteiger partial charge in [-0.2, -0.15) is 0 Å². The summed E-state index contributed by atoms with van der Waals surface area (Å²) in [6, 6.07) is 9.59. The van der Waals surface area contributed by atoms with E-state index in [0.717, 1.165) is 5.56 Å². The number of hydrogen-bond acceptors (Lipinski definition) is 5. The van der Waals surface area contributed by atoms with Gasteiger partial charge in [-0.15, -0.1) is 0 Å². The van der Waals surface area contributed by atoms with Gasteiger partial charge in [0, 0.05) is 34.3 Å². The smallest absolute Gasteiger partial charge is 0.350 e. The summed E-state index contributed by atoms with van der Waals surface area (Å²) in [4.78, 5) is 9.63. The van der Waals surface area contributed by atoms with Crippen molar-refractivity contribution in [3.63, 3.8) is 0 Å². The third-order valence-electron chi connectivity index (χ3n) is 3.58. The minimum absolute atomic E-state index is 0.393. The highest BCUT2D eigenvalue weighted by atomic mass is 31.2. The summed E-state index contributed by atoms with van der Waals surface area (Å²) < 4.78 is 33.0. The van der Waals surface area contributed by atoms with Crippen LogP contribution in [0.5, 0.6) is 0 Å². The quantitative estimate of drug-likeness (QED) is 0.544. The van der Waals surface area contributed by atoms with Gasteiger partial charge in [0.25, 0.3) is 0 Å². The first-order valence-electron chi connectivity index (χ1n) is 7.11. The van der Waals surface area contributed by atoms with Crippen molar-refractivity contribution in [2.75, 3.05) is 28.4 Å². The predicted molar refractivity (Wildman–Crippen MR) is 91.2 cm³/mol. The van der Waals surface area contributed by atoms with Crippen LogP contribution in [0, 0.1) is 0 Å². The Morgan fingerprint density at radius 2 is 1.74 bits per heavy atom. The van der Waals surface area contributed by atoms with Gasteiger partial charge in [-0.3, -0.25) is 4.57 Å². The molecule has 0 aliphatic rings. The van der Waals surface area contributed by atoms with Crippen LogP contribution in [0.25, 0.3) is 0 Å². The van der Waals surface area contributed by atoms with Crippen LogP contribution in [0.2, 0.25) is 0 Å². The summed E-state index contributed by atoms with van der Waals surface area (Å²) in [5.74, 6) is 1.17. The number of methoxy groups -OCH3 is 3. The van der Waals surface area contributed by atoms with E-state index in [2.05, 4.69) is 4.52 Å². The largest absolute Gasteiger partial charge is 0.375 e. The van der Waals surface area contributed by atoms with Gasteiger partial charge in [0.15, 0.2) is 0 Å². The van der Waals surface area contributed by atoms with E-state index in [-0.39, 0.29) is 0 Å². The molecule has 6 nitrogen and oxygen atoms in total. The van der Waals surface area contributed by atoms with Crippen LogP contribution in [0.15, 0.2) is 41.6 Å². The molecular formula is C15H24BO6P. The highest BCUT2D eigenvalue weighted by Crippen LogP contribution is 2.44. The molecule has 0 saturated heterocycles. The molecule has 8 heteroatoms. The van der Waals surface area contributed by atoms with Crippen molar-refractivity contribution >= 4 is 15.4 Å². The lowest BCUT2D eigenvalue weighted by atomic mass is 9.85. The zero-order valence-electron chi connectivity index (χ0n) is 14.1. The van der Waals surface area contributed by atoms with E-state index in [1.54, 1.807) is 22.1 Å². The molecule has 0 radical (unpaired) electrons. The van der Waals surface area contributed by atoms with Crippen LogP contribution in [-0.2, 0) is 23.3 Å². The minimum atomic E-state index is -3.80. The van der Waals surface area contributed by atoms with E-state index in [1.807, 2.05) is 30.3 Å². The second-order valence-electron chi connectivity index (χ2n) is 5.04. The van der Waals surface area contributed by atoms with Gasteiger partial charge in [0.05, 0.1) is 6.10 Å². The van der Waals surface area contributed by atoms with Crippen LogP contribution >= 0.6 is 7.60 Å². The van der Waals surface area contributed by atoms with E-state index in [1.165, 1.54) is 20.0 Å². The third-order valence-corrected chi connectivity index (χ3v) is 4.84. The summed E-state index contributed by atoms with van der Waals surface area (Å²) in [7, 11) is 3.73. The van der Waals surface area contributed by atoms with Crippen LogP contribution in [0.3, 0.4) is 0 Å². The van der Waals surface area contributed by atoms with Crippen molar-refractivity contribution in [1.82, 2.24) is 0 Å². The van der Waals surface area contributed by atoms with Gasteiger partial charge in [-0.25, -0.2) is 0 Å². The number of ether oxygens (including phenoxy) is 3. The average molecular weight is 342 g/mol. The molecule has 1 aromatic carbocycles. The third kappa shape index (κ3) is 5.57. The number of rotatable bonds is 9. The van der Waals surface area contributed by atoms with E-state index >= 15 is 0 Å². The highest BCUT2D eigenvalue weighted by Gasteiger charge is 2.33. The first-order valence-corrected chi connectivity index (χ1v) is 8.75. The van der Waals surface area contributed by atoms with E-state index < -0.39 is 25.9 Å². The maximum Gasteiger partial charge on any atom is 0.350 e. The molecule has 0 spiro atoms. The van der Waals surface area contributed by atoms with Crippen LogP contribution in [-0.4, -0.2) is 53.4 Å². The summed E-state index contributed by atoms with van der Waals surface area (Å²) in [6.07, 6.45) is -1.46. The van der Waals surface area contributed by atoms with Gasteiger partial charge in [-0.05, 0) is 5.56 Å². The predicted octanol–water partition coefficient (Wildman–Crippen LogP) is 1.71. The van der Waals surface area contributed by atoms with E-state index in [9.17, 15) is 9.46 Å². The average Bonchev–Trinajstić information content (AvgIpc) is 2.55. The van der Waals surface area contributed by atoms with Crippen LogP contribution < -0.4 is 0 Å². The highest BCUT2D eigenvalue weighted by molar-refractivity contribution is 7.56. The zero-order valence-corrected chi connectivity index (χ0v) is 15.0. The molecule has 4 atom stereocenters.